The van der Waals surface area contributed by atoms with Crippen molar-refractivity contribution in [2.75, 3.05) is 4.90 Å². The van der Waals surface area contributed by atoms with E-state index in [0.717, 1.165) is 17.7 Å². The molecule has 5 nitrogen and oxygen atoms in total. The molecule has 1 aromatic rings. The van der Waals surface area contributed by atoms with Crippen molar-refractivity contribution in [2.45, 2.75) is 26.3 Å². The molecule has 0 spiro atoms. The molecule has 8 heteroatoms. The second-order valence-electron chi connectivity index (χ2n) is 6.35. The number of amides is 1. The minimum atomic E-state index is -4.80. The number of aliphatic carboxylic acids is 1. The van der Waals surface area contributed by atoms with E-state index < -0.39 is 36.0 Å². The van der Waals surface area contributed by atoms with Crippen LogP contribution < -0.4 is 9.64 Å². The minimum Gasteiger partial charge on any atom is -0.481 e. The maximum Gasteiger partial charge on any atom is 0.573 e. The maximum absolute atomic E-state index is 12.8. The van der Waals surface area contributed by atoms with Gasteiger partial charge in [0.1, 0.15) is 5.75 Å². The van der Waals surface area contributed by atoms with E-state index in [9.17, 15) is 27.9 Å². The van der Waals surface area contributed by atoms with E-state index in [1.54, 1.807) is 13.8 Å². The van der Waals surface area contributed by atoms with Crippen molar-refractivity contribution in [3.63, 3.8) is 0 Å². The van der Waals surface area contributed by atoms with Crippen molar-refractivity contribution in [1.29, 1.82) is 0 Å². The molecule has 1 amide bonds. The molecule has 2 bridgehead atoms. The van der Waals surface area contributed by atoms with Crippen molar-refractivity contribution in [3.8, 4) is 5.75 Å². The summed E-state index contributed by atoms with van der Waals surface area (Å²) in [5, 5.41) is 9.56. The third-order valence-electron chi connectivity index (χ3n) is 4.72. The zero-order valence-corrected chi connectivity index (χ0v) is 13.4. The molecule has 1 fully saturated rings. The van der Waals surface area contributed by atoms with Crippen LogP contribution in [0.15, 0.2) is 35.9 Å². The van der Waals surface area contributed by atoms with Crippen molar-refractivity contribution < 1.29 is 32.6 Å². The van der Waals surface area contributed by atoms with Crippen LogP contribution in [0.1, 0.15) is 13.8 Å². The lowest BCUT2D eigenvalue weighted by atomic mass is 9.74. The summed E-state index contributed by atoms with van der Waals surface area (Å²) in [6.45, 7) is 3.56. The summed E-state index contributed by atoms with van der Waals surface area (Å²) >= 11 is 0. The average molecular weight is 355 g/mol. The third kappa shape index (κ3) is 2.96. The normalized spacial score (nSPS) is 28.8. The summed E-state index contributed by atoms with van der Waals surface area (Å²) in [6, 6.07) is 4.24. The van der Waals surface area contributed by atoms with Gasteiger partial charge >= 0.3 is 12.3 Å². The number of nitrogens with zero attached hydrogens (tertiary/aromatic N) is 1. The molecule has 4 atom stereocenters. The Balaban J connectivity index is 1.96. The van der Waals surface area contributed by atoms with Crippen LogP contribution in [0, 0.1) is 17.8 Å². The molecule has 1 N–H and O–H groups in total. The fourth-order valence-corrected chi connectivity index (χ4v) is 3.85. The number of hydrogen-bond donors (Lipinski definition) is 1. The first-order chi connectivity index (χ1) is 11.6. The first kappa shape index (κ1) is 17.3. The highest BCUT2D eigenvalue weighted by molar-refractivity contribution is 6.03. The summed E-state index contributed by atoms with van der Waals surface area (Å²) in [4.78, 5) is 25.8. The van der Waals surface area contributed by atoms with Gasteiger partial charge in [0.05, 0.1) is 17.9 Å². The lowest BCUT2D eigenvalue weighted by Gasteiger charge is -2.30. The zero-order chi connectivity index (χ0) is 18.5. The van der Waals surface area contributed by atoms with Crippen molar-refractivity contribution in [2.24, 2.45) is 17.8 Å². The van der Waals surface area contributed by atoms with Crippen molar-refractivity contribution in [1.82, 2.24) is 0 Å². The summed E-state index contributed by atoms with van der Waals surface area (Å²) in [6.07, 6.45) is -2.92. The third-order valence-corrected chi connectivity index (χ3v) is 4.72. The van der Waals surface area contributed by atoms with Gasteiger partial charge in [-0.15, -0.1) is 13.2 Å². The van der Waals surface area contributed by atoms with E-state index in [4.69, 9.17) is 0 Å². The van der Waals surface area contributed by atoms with E-state index >= 15 is 0 Å². The number of ether oxygens (including phenoxy) is 1. The average Bonchev–Trinajstić information content (AvgIpc) is 2.75. The summed E-state index contributed by atoms with van der Waals surface area (Å²) in [7, 11) is 0. The van der Waals surface area contributed by atoms with Gasteiger partial charge in [0.2, 0.25) is 5.91 Å². The highest BCUT2D eigenvalue weighted by atomic mass is 19.4. The van der Waals surface area contributed by atoms with Crippen LogP contribution in [-0.2, 0) is 9.59 Å². The first-order valence-corrected chi connectivity index (χ1v) is 7.70. The number of carboxylic acid groups (broad SMARTS) is 1. The Labute approximate surface area is 141 Å². The van der Waals surface area contributed by atoms with Gasteiger partial charge in [-0.3, -0.25) is 9.59 Å². The molecule has 0 radical (unpaired) electrons. The Morgan fingerprint density at radius 1 is 1.24 bits per heavy atom. The number of benzene rings is 1. The molecule has 1 aliphatic carbocycles. The van der Waals surface area contributed by atoms with Crippen LogP contribution in [0.5, 0.6) is 5.75 Å². The second kappa shape index (κ2) is 5.79. The highest BCUT2D eigenvalue weighted by Gasteiger charge is 2.56. The number of fused-ring (bicyclic) bond motifs is 2. The van der Waals surface area contributed by atoms with Crippen LogP contribution in [-0.4, -0.2) is 29.4 Å². The number of carbonyl (C=O) groups excluding carboxylic acids is 1. The number of alkyl halides is 3. The predicted octanol–water partition coefficient (Wildman–Crippen LogP) is 3.21. The van der Waals surface area contributed by atoms with Gasteiger partial charge in [-0.1, -0.05) is 18.6 Å². The Bertz CT molecular complexity index is 741. The topological polar surface area (TPSA) is 66.8 Å². The molecule has 4 unspecified atom stereocenters. The summed E-state index contributed by atoms with van der Waals surface area (Å²) < 4.78 is 40.6. The Kier molecular flexibility index (Phi) is 4.01. The minimum absolute atomic E-state index is 0.220. The predicted molar refractivity (Wildman–Crippen MR) is 81.9 cm³/mol. The number of anilines is 1. The Morgan fingerprint density at radius 3 is 2.36 bits per heavy atom. The molecule has 1 aromatic carbocycles. The van der Waals surface area contributed by atoms with Gasteiger partial charge in [0, 0.05) is 5.69 Å². The number of rotatable bonds is 3. The lowest BCUT2D eigenvalue weighted by molar-refractivity contribution is -0.274. The number of hydrogen-bond acceptors (Lipinski definition) is 3. The van der Waals surface area contributed by atoms with Crippen molar-refractivity contribution >= 4 is 17.6 Å². The number of allylic oxidation sites excluding steroid dienone is 1. The van der Waals surface area contributed by atoms with Gasteiger partial charge in [0.15, 0.2) is 0 Å². The van der Waals surface area contributed by atoms with Gasteiger partial charge in [-0.2, -0.15) is 0 Å². The molecular weight excluding hydrogens is 339 g/mol. The zero-order valence-electron chi connectivity index (χ0n) is 13.4. The Morgan fingerprint density at radius 2 is 1.84 bits per heavy atom. The van der Waals surface area contributed by atoms with Crippen molar-refractivity contribution in [3.05, 3.63) is 35.9 Å². The highest BCUT2D eigenvalue weighted by Crippen LogP contribution is 2.46. The first-order valence-electron chi connectivity index (χ1n) is 7.70. The molecule has 25 heavy (non-hydrogen) atoms. The van der Waals surface area contributed by atoms with Crippen LogP contribution in [0.3, 0.4) is 0 Å². The fourth-order valence-electron chi connectivity index (χ4n) is 3.85. The summed E-state index contributed by atoms with van der Waals surface area (Å²) in [5.41, 5.74) is 1.11. The molecular formula is C17H16F3NO4. The van der Waals surface area contributed by atoms with Gasteiger partial charge in [-0.25, -0.2) is 0 Å². The standard InChI is InChI=1S/C17H16F3NO4/c1-8-7-9(2)14-13(16(23)24)12(8)15(22)21(14)10-3-5-11(6-4-10)25-17(18,19)20/h3-8,12-14H,1-2H3,(H,23,24). The SMILES string of the molecule is CC1=CC(C)C2C(=O)N(c3ccc(OC(F)(F)F)cc3)C1C2C(=O)O. The molecule has 1 aliphatic heterocycles. The smallest absolute Gasteiger partial charge is 0.481 e. The summed E-state index contributed by atoms with van der Waals surface area (Å²) in [5.74, 6) is -3.57. The molecule has 0 aromatic heterocycles. The molecule has 3 rings (SSSR count). The number of carbonyl (C=O) groups is 2. The lowest BCUT2D eigenvalue weighted by Crippen LogP contribution is -2.39. The molecule has 1 saturated heterocycles. The van der Waals surface area contributed by atoms with E-state index in [1.165, 1.54) is 17.0 Å². The fraction of sp³-hybridized carbons (Fsp3) is 0.412. The van der Waals surface area contributed by atoms with Crippen LogP contribution in [0.2, 0.25) is 0 Å². The molecule has 134 valence electrons. The molecule has 2 aliphatic rings. The van der Waals surface area contributed by atoms with Crippen LogP contribution in [0.4, 0.5) is 18.9 Å². The van der Waals surface area contributed by atoms with Gasteiger partial charge in [0.25, 0.3) is 0 Å². The largest absolute Gasteiger partial charge is 0.573 e. The molecule has 1 heterocycles. The van der Waals surface area contributed by atoms with Gasteiger partial charge in [-0.05, 0) is 37.1 Å². The van der Waals surface area contributed by atoms with Crippen LogP contribution >= 0.6 is 0 Å². The Hall–Kier alpha value is -2.51. The van der Waals surface area contributed by atoms with Gasteiger partial charge < -0.3 is 14.7 Å². The molecule has 0 saturated carbocycles. The van der Waals surface area contributed by atoms with E-state index in [1.807, 2.05) is 6.08 Å². The second-order valence-corrected chi connectivity index (χ2v) is 6.35. The van der Waals surface area contributed by atoms with E-state index in [2.05, 4.69) is 4.74 Å². The maximum atomic E-state index is 12.8. The number of carboxylic acids is 1. The van der Waals surface area contributed by atoms with Crippen LogP contribution in [0.25, 0.3) is 0 Å². The quantitative estimate of drug-likeness (QED) is 0.846. The monoisotopic (exact) mass is 355 g/mol. The van der Waals surface area contributed by atoms with E-state index in [0.29, 0.717) is 5.69 Å². The number of halogens is 3. The van der Waals surface area contributed by atoms with E-state index in [-0.39, 0.29) is 11.8 Å².